The predicted octanol–water partition coefficient (Wildman–Crippen LogP) is 12.6. The molecule has 0 saturated heterocycles. The largest absolute Gasteiger partial charge is 0.310 e. The van der Waals surface area contributed by atoms with Crippen molar-refractivity contribution in [1.82, 2.24) is 0 Å². The second-order valence-electron chi connectivity index (χ2n) is 12.9. The molecule has 0 atom stereocenters. The third-order valence-corrected chi connectivity index (χ3v) is 10.1. The molecule has 1 aliphatic carbocycles. The zero-order chi connectivity index (χ0) is 30.6. The number of aryl methyl sites for hydroxylation is 3. The van der Waals surface area contributed by atoms with Crippen LogP contribution in [0.1, 0.15) is 29.5 Å². The van der Waals surface area contributed by atoms with E-state index in [0.717, 1.165) is 0 Å². The normalized spacial score (nSPS) is 13.0. The van der Waals surface area contributed by atoms with Crippen molar-refractivity contribution in [3.8, 4) is 11.1 Å². The highest BCUT2D eigenvalue weighted by molar-refractivity contribution is 6.25. The minimum Gasteiger partial charge on any atom is -0.310 e. The van der Waals surface area contributed by atoms with Crippen LogP contribution in [0.25, 0.3) is 54.2 Å². The number of hydrogen-bond donors (Lipinski definition) is 0. The molecule has 0 N–H and O–H groups in total. The average molecular weight is 590 g/mol. The first-order valence-corrected chi connectivity index (χ1v) is 16.6. The molecular formula is C45H35N. The Kier molecular flexibility index (Phi) is 6.38. The van der Waals surface area contributed by atoms with Gasteiger partial charge in [0.05, 0.1) is 0 Å². The Morgan fingerprint density at radius 1 is 0.413 bits per heavy atom. The molecule has 0 aliphatic heterocycles. The summed E-state index contributed by atoms with van der Waals surface area (Å²) in [4.78, 5) is 2.46. The molecule has 0 aromatic heterocycles. The Morgan fingerprint density at radius 3 is 1.65 bits per heavy atom. The van der Waals surface area contributed by atoms with Gasteiger partial charge in [-0.15, -0.1) is 0 Å². The van der Waals surface area contributed by atoms with Crippen LogP contribution in [0.5, 0.6) is 0 Å². The van der Waals surface area contributed by atoms with E-state index in [0.29, 0.717) is 0 Å². The van der Waals surface area contributed by atoms with Gasteiger partial charge in [-0.05, 0) is 140 Å². The molecule has 46 heavy (non-hydrogen) atoms. The van der Waals surface area contributed by atoms with E-state index in [9.17, 15) is 0 Å². The van der Waals surface area contributed by atoms with Crippen molar-refractivity contribution in [3.63, 3.8) is 0 Å². The fourth-order valence-corrected chi connectivity index (χ4v) is 7.77. The van der Waals surface area contributed by atoms with Gasteiger partial charge >= 0.3 is 0 Å². The van der Waals surface area contributed by atoms with Crippen molar-refractivity contribution in [2.24, 2.45) is 0 Å². The molecule has 220 valence electrons. The van der Waals surface area contributed by atoms with Crippen LogP contribution in [0.3, 0.4) is 0 Å². The zero-order valence-electron chi connectivity index (χ0n) is 26.1. The van der Waals surface area contributed by atoms with Crippen LogP contribution < -0.4 is 4.90 Å². The Hall–Kier alpha value is -5.40. The molecule has 0 amide bonds. The molecule has 8 aromatic rings. The lowest BCUT2D eigenvalue weighted by atomic mass is 9.89. The van der Waals surface area contributed by atoms with Crippen LogP contribution in [0.15, 0.2) is 146 Å². The van der Waals surface area contributed by atoms with E-state index in [1.54, 1.807) is 0 Å². The zero-order valence-corrected chi connectivity index (χ0v) is 26.1. The Labute approximate surface area is 270 Å². The van der Waals surface area contributed by atoms with Gasteiger partial charge < -0.3 is 4.90 Å². The smallest absolute Gasteiger partial charge is 0.0493 e. The van der Waals surface area contributed by atoms with Gasteiger partial charge in [0.25, 0.3) is 0 Å². The van der Waals surface area contributed by atoms with Crippen LogP contribution in [-0.2, 0) is 12.8 Å². The topological polar surface area (TPSA) is 3.24 Å². The van der Waals surface area contributed by atoms with Gasteiger partial charge in [-0.3, -0.25) is 0 Å². The number of fused-ring (bicyclic) bond motifs is 8. The van der Waals surface area contributed by atoms with E-state index >= 15 is 0 Å². The van der Waals surface area contributed by atoms with E-state index in [-0.39, 0.29) is 0 Å². The molecule has 0 saturated carbocycles. The molecule has 1 aliphatic rings. The molecule has 0 radical (unpaired) electrons. The summed E-state index contributed by atoms with van der Waals surface area (Å²) in [5.41, 5.74) is 10.5. The third-order valence-electron chi connectivity index (χ3n) is 10.1. The van der Waals surface area contributed by atoms with Crippen molar-refractivity contribution in [1.29, 1.82) is 0 Å². The number of anilines is 3. The fraction of sp³-hybridized carbons (Fsp3) is 0.111. The molecule has 0 spiro atoms. The average Bonchev–Trinajstić information content (AvgIpc) is 3.12. The van der Waals surface area contributed by atoms with Crippen LogP contribution in [0.4, 0.5) is 17.1 Å². The highest BCUT2D eigenvalue weighted by atomic mass is 15.1. The number of nitrogens with zero attached hydrogens (tertiary/aromatic N) is 1. The molecule has 0 fully saturated rings. The van der Waals surface area contributed by atoms with Gasteiger partial charge in [0, 0.05) is 17.1 Å². The fourth-order valence-electron chi connectivity index (χ4n) is 7.77. The van der Waals surface area contributed by atoms with Gasteiger partial charge in [0.15, 0.2) is 0 Å². The third kappa shape index (κ3) is 4.46. The second kappa shape index (κ2) is 10.9. The lowest BCUT2D eigenvalue weighted by Crippen LogP contribution is -2.13. The van der Waals surface area contributed by atoms with Crippen LogP contribution in [0.2, 0.25) is 0 Å². The molecule has 8 aromatic carbocycles. The molecule has 1 nitrogen and oxygen atoms in total. The first kappa shape index (κ1) is 27.0. The Balaban J connectivity index is 1.18. The van der Waals surface area contributed by atoms with E-state index in [1.165, 1.54) is 114 Å². The summed E-state index contributed by atoms with van der Waals surface area (Å²) in [6.07, 6.45) is 4.93. The van der Waals surface area contributed by atoms with Crippen molar-refractivity contribution >= 4 is 60.2 Å². The molecule has 9 rings (SSSR count). The first-order valence-electron chi connectivity index (χ1n) is 16.6. The van der Waals surface area contributed by atoms with Gasteiger partial charge in [0.1, 0.15) is 0 Å². The molecule has 0 heterocycles. The number of benzene rings is 8. The van der Waals surface area contributed by atoms with Gasteiger partial charge in [-0.1, -0.05) is 109 Å². The summed E-state index contributed by atoms with van der Waals surface area (Å²) in [6, 6.07) is 54.2. The van der Waals surface area contributed by atoms with Crippen LogP contribution in [-0.4, -0.2) is 0 Å². The maximum Gasteiger partial charge on any atom is 0.0493 e. The maximum absolute atomic E-state index is 2.46. The first-order chi connectivity index (χ1) is 22.7. The second-order valence-corrected chi connectivity index (χ2v) is 12.9. The molecule has 0 unspecified atom stereocenters. The summed E-state index contributed by atoms with van der Waals surface area (Å²) < 4.78 is 0. The van der Waals surface area contributed by atoms with Gasteiger partial charge in [0.2, 0.25) is 0 Å². The van der Waals surface area contributed by atoms with Gasteiger partial charge in [-0.2, -0.15) is 0 Å². The van der Waals surface area contributed by atoms with Gasteiger partial charge in [-0.25, -0.2) is 0 Å². The van der Waals surface area contributed by atoms with Crippen molar-refractivity contribution < 1.29 is 0 Å². The highest BCUT2D eigenvalue weighted by Gasteiger charge is 2.19. The summed E-state index contributed by atoms with van der Waals surface area (Å²) in [7, 11) is 0. The van der Waals surface area contributed by atoms with Crippen molar-refractivity contribution in [2.45, 2.75) is 32.6 Å². The van der Waals surface area contributed by atoms with Crippen molar-refractivity contribution in [2.75, 3.05) is 4.90 Å². The standard InChI is InChI=1S/C45H35N/c1-30-26-33-11-4-5-13-35(33)29-45(30)46(38-24-20-31-10-2-3-12-34(31)27-38)37-22-18-32(19-23-37)36-21-25-43-41-16-7-6-14-39(41)40-15-8-9-17-42(40)44(43)28-36/h2-3,6-10,12,14-29H,4-5,11,13H2,1H3. The van der Waals surface area contributed by atoms with E-state index < -0.39 is 0 Å². The molecule has 0 bridgehead atoms. The Morgan fingerprint density at radius 2 is 0.957 bits per heavy atom. The lowest BCUT2D eigenvalue weighted by Gasteiger charge is -2.29. The summed E-state index contributed by atoms with van der Waals surface area (Å²) >= 11 is 0. The minimum absolute atomic E-state index is 1.17. The lowest BCUT2D eigenvalue weighted by molar-refractivity contribution is 0.685. The van der Waals surface area contributed by atoms with Crippen LogP contribution in [0, 0.1) is 6.92 Å². The number of hydrogen-bond acceptors (Lipinski definition) is 1. The minimum atomic E-state index is 1.17. The van der Waals surface area contributed by atoms with E-state index in [4.69, 9.17) is 0 Å². The summed E-state index contributed by atoms with van der Waals surface area (Å²) in [5, 5.41) is 10.4. The Bertz CT molecular complexity index is 2400. The highest BCUT2D eigenvalue weighted by Crippen LogP contribution is 2.42. The maximum atomic E-state index is 2.46. The quantitative estimate of drug-likeness (QED) is 0.185. The predicted molar refractivity (Wildman–Crippen MR) is 198 cm³/mol. The van der Waals surface area contributed by atoms with E-state index in [2.05, 4.69) is 157 Å². The SMILES string of the molecule is Cc1cc2c(cc1N(c1ccc(-c3ccc4c5ccccc5c5ccccc5c4c3)cc1)c1ccc3ccccc3c1)CCCC2. The van der Waals surface area contributed by atoms with Crippen LogP contribution >= 0.6 is 0 Å². The summed E-state index contributed by atoms with van der Waals surface area (Å²) in [5.74, 6) is 0. The van der Waals surface area contributed by atoms with Crippen molar-refractivity contribution in [3.05, 3.63) is 162 Å². The monoisotopic (exact) mass is 589 g/mol. The van der Waals surface area contributed by atoms with E-state index in [1.807, 2.05) is 0 Å². The number of rotatable bonds is 4. The summed E-state index contributed by atoms with van der Waals surface area (Å²) in [6.45, 7) is 2.27. The molecular weight excluding hydrogens is 555 g/mol. The molecule has 1 heteroatoms.